The molecule has 0 saturated heterocycles. The number of aryl methyl sites for hydroxylation is 1. The molecule has 8 heteroatoms. The van der Waals surface area contributed by atoms with Crippen LogP contribution in [0.4, 0.5) is 0 Å². The predicted molar refractivity (Wildman–Crippen MR) is 146 cm³/mol. The highest BCUT2D eigenvalue weighted by atomic mass is 32.1. The van der Waals surface area contributed by atoms with Crippen molar-refractivity contribution in [2.45, 2.75) is 25.9 Å². The van der Waals surface area contributed by atoms with E-state index in [1.807, 2.05) is 17.0 Å². The molecule has 2 amide bonds. The van der Waals surface area contributed by atoms with Crippen molar-refractivity contribution in [1.82, 2.24) is 9.80 Å². The van der Waals surface area contributed by atoms with Gasteiger partial charge < -0.3 is 23.7 Å². The number of nitrogens with zero attached hydrogens (tertiary/aromatic N) is 2. The van der Waals surface area contributed by atoms with Crippen molar-refractivity contribution < 1.29 is 23.5 Å². The minimum atomic E-state index is -0.324. The van der Waals surface area contributed by atoms with Gasteiger partial charge in [-0.2, -0.15) is 0 Å². The number of hydrogen-bond donors (Lipinski definition) is 0. The molecular weight excluding hydrogens is 500 g/mol. The first-order valence-electron chi connectivity index (χ1n) is 12.4. The number of carbonyl (C=O) groups excluding carboxylic acids is 2. The Kier molecular flexibility index (Phi) is 7.51. The average Bonchev–Trinajstić information content (AvgIpc) is 3.64. The lowest BCUT2D eigenvalue weighted by Gasteiger charge is -2.38. The van der Waals surface area contributed by atoms with Crippen molar-refractivity contribution in [3.05, 3.63) is 105 Å². The molecule has 196 valence electrons. The minimum Gasteiger partial charge on any atom is -0.497 e. The molecule has 0 N–H and O–H groups in total. The molecule has 4 aromatic rings. The highest BCUT2D eigenvalue weighted by molar-refractivity contribution is 7.10. The van der Waals surface area contributed by atoms with E-state index in [0.717, 1.165) is 23.1 Å². The van der Waals surface area contributed by atoms with Crippen LogP contribution in [-0.4, -0.2) is 48.9 Å². The molecule has 1 aliphatic heterocycles. The van der Waals surface area contributed by atoms with Crippen LogP contribution in [0.5, 0.6) is 11.5 Å². The number of carbonyl (C=O) groups is 2. The second-order valence-corrected chi connectivity index (χ2v) is 10.2. The zero-order valence-electron chi connectivity index (χ0n) is 21.7. The molecule has 1 unspecified atom stereocenters. The van der Waals surface area contributed by atoms with Gasteiger partial charge in [0, 0.05) is 17.5 Å². The van der Waals surface area contributed by atoms with Gasteiger partial charge in [0.1, 0.15) is 23.8 Å². The summed E-state index contributed by atoms with van der Waals surface area (Å²) in [5.74, 6) is 1.10. The summed E-state index contributed by atoms with van der Waals surface area (Å²) in [7, 11) is 3.06. The van der Waals surface area contributed by atoms with E-state index in [2.05, 4.69) is 30.5 Å². The highest BCUT2D eigenvalue weighted by Crippen LogP contribution is 2.39. The lowest BCUT2D eigenvalue weighted by molar-refractivity contribution is -0.134. The molecule has 38 heavy (non-hydrogen) atoms. The SMILES string of the molecule is COc1ccc(C(=O)N(CC(=O)N2CCc3sccc3C2c2ccccc2C)Cc2ccco2)c(OC)c1. The van der Waals surface area contributed by atoms with E-state index in [9.17, 15) is 9.59 Å². The molecule has 5 rings (SSSR count). The van der Waals surface area contributed by atoms with Crippen LogP contribution in [0.25, 0.3) is 0 Å². The molecule has 0 aliphatic carbocycles. The standard InChI is InChI=1S/C30H30N2O5S/c1-20-7-4-5-9-23(20)29-25-13-16-38-27(25)12-14-32(29)28(33)19-31(18-22-8-6-15-37-22)30(34)24-11-10-21(35-2)17-26(24)36-3/h4-11,13,15-17,29H,12,14,18-19H2,1-3H3. The van der Waals surface area contributed by atoms with Crippen molar-refractivity contribution in [3.63, 3.8) is 0 Å². The van der Waals surface area contributed by atoms with Crippen LogP contribution in [0.2, 0.25) is 0 Å². The number of hydrogen-bond acceptors (Lipinski definition) is 6. The Morgan fingerprint density at radius 1 is 1.05 bits per heavy atom. The molecule has 1 atom stereocenters. The molecule has 0 bridgehead atoms. The van der Waals surface area contributed by atoms with Gasteiger partial charge in [-0.25, -0.2) is 0 Å². The summed E-state index contributed by atoms with van der Waals surface area (Å²) in [6, 6.07) is 18.7. The lowest BCUT2D eigenvalue weighted by Crippen LogP contribution is -2.46. The number of methoxy groups -OCH3 is 2. The summed E-state index contributed by atoms with van der Waals surface area (Å²) in [6.07, 6.45) is 2.35. The Morgan fingerprint density at radius 2 is 1.89 bits per heavy atom. The summed E-state index contributed by atoms with van der Waals surface area (Å²) in [6.45, 7) is 2.71. The number of rotatable bonds is 8. The molecule has 1 aliphatic rings. The molecule has 0 radical (unpaired) electrons. The summed E-state index contributed by atoms with van der Waals surface area (Å²) in [5, 5.41) is 2.09. The van der Waals surface area contributed by atoms with Crippen LogP contribution < -0.4 is 9.47 Å². The maximum absolute atomic E-state index is 14.0. The smallest absolute Gasteiger partial charge is 0.258 e. The zero-order valence-corrected chi connectivity index (χ0v) is 22.5. The summed E-state index contributed by atoms with van der Waals surface area (Å²) >= 11 is 1.73. The zero-order chi connectivity index (χ0) is 26.6. The number of ether oxygens (including phenoxy) is 2. The largest absolute Gasteiger partial charge is 0.497 e. The van der Waals surface area contributed by atoms with Gasteiger partial charge in [0.25, 0.3) is 5.91 Å². The fourth-order valence-corrected chi connectivity index (χ4v) is 5.91. The van der Waals surface area contributed by atoms with Gasteiger partial charge in [-0.3, -0.25) is 9.59 Å². The molecule has 3 heterocycles. The molecule has 0 saturated carbocycles. The van der Waals surface area contributed by atoms with E-state index in [0.29, 0.717) is 29.4 Å². The van der Waals surface area contributed by atoms with E-state index in [4.69, 9.17) is 13.9 Å². The maximum atomic E-state index is 14.0. The van der Waals surface area contributed by atoms with Crippen molar-refractivity contribution in [2.24, 2.45) is 0 Å². The molecule has 7 nitrogen and oxygen atoms in total. The van der Waals surface area contributed by atoms with Gasteiger partial charge in [-0.15, -0.1) is 11.3 Å². The van der Waals surface area contributed by atoms with Crippen LogP contribution in [0.15, 0.2) is 76.7 Å². The van der Waals surface area contributed by atoms with Gasteiger partial charge in [0.2, 0.25) is 5.91 Å². The fraction of sp³-hybridized carbons (Fsp3) is 0.267. The van der Waals surface area contributed by atoms with Gasteiger partial charge in [-0.1, -0.05) is 24.3 Å². The second kappa shape index (κ2) is 11.1. The summed E-state index contributed by atoms with van der Waals surface area (Å²) in [5.41, 5.74) is 3.73. The molecular formula is C30H30N2O5S. The third-order valence-corrected chi connectivity index (χ3v) is 7.95. The van der Waals surface area contributed by atoms with Gasteiger partial charge in [0.15, 0.2) is 0 Å². The molecule has 2 aromatic heterocycles. The monoisotopic (exact) mass is 530 g/mol. The Bertz CT molecular complexity index is 1430. The minimum absolute atomic E-state index is 0.101. The van der Waals surface area contributed by atoms with Crippen molar-refractivity contribution in [1.29, 1.82) is 0 Å². The first-order chi connectivity index (χ1) is 18.5. The number of fused-ring (bicyclic) bond motifs is 1. The first-order valence-corrected chi connectivity index (χ1v) is 13.3. The van der Waals surface area contributed by atoms with Crippen molar-refractivity contribution >= 4 is 23.2 Å². The number of amides is 2. The second-order valence-electron chi connectivity index (χ2n) is 9.20. The van der Waals surface area contributed by atoms with Crippen LogP contribution in [-0.2, 0) is 17.8 Å². The first kappa shape index (κ1) is 25.6. The van der Waals surface area contributed by atoms with Crippen molar-refractivity contribution in [2.75, 3.05) is 27.3 Å². The van der Waals surface area contributed by atoms with E-state index in [1.165, 1.54) is 16.9 Å². The van der Waals surface area contributed by atoms with Gasteiger partial charge in [0.05, 0.1) is 38.6 Å². The van der Waals surface area contributed by atoms with Gasteiger partial charge in [-0.05, 0) is 65.7 Å². The Balaban J connectivity index is 1.48. The quantitative estimate of drug-likeness (QED) is 0.302. The third kappa shape index (κ3) is 5.04. The number of furan rings is 1. The average molecular weight is 531 g/mol. The van der Waals surface area contributed by atoms with Crippen LogP contribution >= 0.6 is 11.3 Å². The normalized spacial score (nSPS) is 14.6. The van der Waals surface area contributed by atoms with E-state index in [1.54, 1.807) is 55.0 Å². The maximum Gasteiger partial charge on any atom is 0.258 e. The van der Waals surface area contributed by atoms with Gasteiger partial charge >= 0.3 is 0 Å². The fourth-order valence-electron chi connectivity index (χ4n) is 5.00. The molecule has 2 aromatic carbocycles. The van der Waals surface area contributed by atoms with Crippen LogP contribution in [0, 0.1) is 6.92 Å². The lowest BCUT2D eigenvalue weighted by atomic mass is 9.90. The van der Waals surface area contributed by atoms with E-state index >= 15 is 0 Å². The Morgan fingerprint density at radius 3 is 2.63 bits per heavy atom. The van der Waals surface area contributed by atoms with Crippen LogP contribution in [0.3, 0.4) is 0 Å². The Labute approximate surface area is 226 Å². The third-order valence-electron chi connectivity index (χ3n) is 6.95. The molecule has 0 fully saturated rings. The molecule has 0 spiro atoms. The van der Waals surface area contributed by atoms with E-state index < -0.39 is 0 Å². The topological polar surface area (TPSA) is 72.2 Å². The summed E-state index contributed by atoms with van der Waals surface area (Å²) < 4.78 is 16.3. The van der Waals surface area contributed by atoms with E-state index in [-0.39, 0.29) is 30.9 Å². The predicted octanol–water partition coefficient (Wildman–Crippen LogP) is 5.48. The van der Waals surface area contributed by atoms with Crippen molar-refractivity contribution in [3.8, 4) is 11.5 Å². The summed E-state index contributed by atoms with van der Waals surface area (Å²) in [4.78, 5) is 32.6. The highest BCUT2D eigenvalue weighted by Gasteiger charge is 2.35. The Hall–Kier alpha value is -4.04. The number of thiophene rings is 1. The van der Waals surface area contributed by atoms with Crippen LogP contribution in [0.1, 0.15) is 43.7 Å². The number of benzene rings is 2.